The van der Waals surface area contributed by atoms with Crippen LogP contribution in [0.5, 0.6) is 23.0 Å². The summed E-state index contributed by atoms with van der Waals surface area (Å²) in [5, 5.41) is 54.0. The van der Waals surface area contributed by atoms with Gasteiger partial charge in [-0.05, 0) is 49.9 Å². The number of hydrogen-bond donors (Lipinski definition) is 8. The molecule has 0 heterocycles. The van der Waals surface area contributed by atoms with Crippen LogP contribution in [-0.4, -0.2) is 44.6 Å². The van der Waals surface area contributed by atoms with Gasteiger partial charge in [0, 0.05) is 94.3 Å². The summed E-state index contributed by atoms with van der Waals surface area (Å²) in [6.07, 6.45) is 9.44. The molecule has 0 bridgehead atoms. The van der Waals surface area contributed by atoms with E-state index < -0.39 is 0 Å². The van der Waals surface area contributed by atoms with Crippen molar-refractivity contribution >= 4 is 0 Å². The molecule has 2 saturated carbocycles. The molecule has 2 aliphatic rings. The van der Waals surface area contributed by atoms with Gasteiger partial charge in [-0.2, -0.15) is 0 Å². The maximum Gasteiger partial charge on any atom is 0.120 e. The van der Waals surface area contributed by atoms with Gasteiger partial charge in [0.1, 0.15) is 23.0 Å². The monoisotopic (exact) mass is 700 g/mol. The van der Waals surface area contributed by atoms with Crippen molar-refractivity contribution in [2.24, 2.45) is 0 Å². The molecule has 8 nitrogen and oxygen atoms in total. The smallest absolute Gasteiger partial charge is 0.120 e. The fourth-order valence-electron chi connectivity index (χ4n) is 6.84. The minimum absolute atomic E-state index is 0. The second-order valence-electron chi connectivity index (χ2n) is 13.0. The molecular weight excluding hydrogens is 648 g/mol. The summed E-state index contributed by atoms with van der Waals surface area (Å²) in [7, 11) is 0. The third kappa shape index (κ3) is 11.9. The number of phenols is 4. The summed E-state index contributed by atoms with van der Waals surface area (Å²) in [4.78, 5) is 0. The largest absolute Gasteiger partial charge is 0.508 e. The number of hydrogen-bond acceptors (Lipinski definition) is 8. The third-order valence-electron chi connectivity index (χ3n) is 9.72. The second kappa shape index (κ2) is 20.3. The van der Waals surface area contributed by atoms with E-state index in [0.29, 0.717) is 73.3 Å². The molecule has 2 aliphatic carbocycles. The molecule has 2 fully saturated rings. The summed E-state index contributed by atoms with van der Waals surface area (Å²) in [6.45, 7) is 2.69. The number of rotatable bonds is 12. The van der Waals surface area contributed by atoms with Crippen molar-refractivity contribution in [1.82, 2.24) is 21.3 Å². The van der Waals surface area contributed by atoms with E-state index in [-0.39, 0.29) is 21.7 Å². The number of para-hydroxylation sites is 4. The van der Waals surface area contributed by atoms with Crippen LogP contribution in [0, 0.1) is 0 Å². The normalized spacial score (nSPS) is 20.4. The fourth-order valence-corrected chi connectivity index (χ4v) is 6.84. The number of nitrogens with one attached hydrogen (secondary N) is 4. The van der Waals surface area contributed by atoms with Crippen LogP contribution in [0.3, 0.4) is 0 Å². The molecule has 0 aliphatic heterocycles. The number of aromatic hydroxyl groups is 4. The topological polar surface area (TPSA) is 129 Å². The predicted octanol–water partition coefficient (Wildman–Crippen LogP) is 6.57. The molecule has 0 aromatic heterocycles. The van der Waals surface area contributed by atoms with E-state index in [1.165, 1.54) is 25.7 Å². The first kappa shape index (κ1) is 38.4. The summed E-state index contributed by atoms with van der Waals surface area (Å²) in [5.74, 6) is 1.39. The Kier molecular flexibility index (Phi) is 16.0. The SMILES string of the molecule is Oc1ccccc1CN[C@@H]1CCCC[C@H]1NCc1ccccc1O.Oc1ccccc1CN[C@@H]1CCCC[C@H]1NCc1ccccc1O.[Ti]. The van der Waals surface area contributed by atoms with Crippen molar-refractivity contribution in [2.75, 3.05) is 0 Å². The Morgan fingerprint density at radius 1 is 0.367 bits per heavy atom. The van der Waals surface area contributed by atoms with Crippen molar-refractivity contribution in [2.45, 2.75) is 102 Å². The molecule has 8 N–H and O–H groups in total. The summed E-state index contributed by atoms with van der Waals surface area (Å²) in [6, 6.07) is 31.4. The Balaban J connectivity index is 0.000000216. The van der Waals surface area contributed by atoms with Crippen LogP contribution in [0.25, 0.3) is 0 Å². The summed E-state index contributed by atoms with van der Waals surface area (Å²) >= 11 is 0. The van der Waals surface area contributed by atoms with E-state index in [4.69, 9.17) is 0 Å². The maximum atomic E-state index is 9.91. The molecule has 0 radical (unpaired) electrons. The Labute approximate surface area is 306 Å². The Bertz CT molecular complexity index is 1330. The first-order chi connectivity index (χ1) is 23.5. The van der Waals surface area contributed by atoms with E-state index >= 15 is 0 Å². The minimum atomic E-state index is 0. The molecule has 260 valence electrons. The van der Waals surface area contributed by atoms with Crippen LogP contribution in [-0.2, 0) is 47.9 Å². The van der Waals surface area contributed by atoms with E-state index in [9.17, 15) is 20.4 Å². The van der Waals surface area contributed by atoms with Crippen LogP contribution in [0.2, 0.25) is 0 Å². The van der Waals surface area contributed by atoms with Gasteiger partial charge in [0.15, 0.2) is 0 Å². The third-order valence-corrected chi connectivity index (χ3v) is 9.72. The molecule has 0 saturated heterocycles. The molecular formula is C40H52N4O4Ti. The maximum absolute atomic E-state index is 9.91. The van der Waals surface area contributed by atoms with Crippen LogP contribution in [0.15, 0.2) is 97.1 Å². The van der Waals surface area contributed by atoms with Gasteiger partial charge in [-0.15, -0.1) is 0 Å². The van der Waals surface area contributed by atoms with Gasteiger partial charge in [0.25, 0.3) is 0 Å². The molecule has 0 amide bonds. The number of benzene rings is 4. The molecule has 6 rings (SSSR count). The molecule has 4 atom stereocenters. The second-order valence-corrected chi connectivity index (χ2v) is 13.0. The average Bonchev–Trinajstić information content (AvgIpc) is 3.11. The van der Waals surface area contributed by atoms with Crippen molar-refractivity contribution in [3.63, 3.8) is 0 Å². The van der Waals surface area contributed by atoms with E-state index in [0.717, 1.165) is 47.9 Å². The van der Waals surface area contributed by atoms with Gasteiger partial charge < -0.3 is 41.7 Å². The van der Waals surface area contributed by atoms with Gasteiger partial charge in [0.05, 0.1) is 0 Å². The van der Waals surface area contributed by atoms with Crippen molar-refractivity contribution in [3.05, 3.63) is 119 Å². The quantitative estimate of drug-likeness (QED) is 0.0780. The Morgan fingerprint density at radius 2 is 0.571 bits per heavy atom. The zero-order chi connectivity index (χ0) is 33.6. The first-order valence-electron chi connectivity index (χ1n) is 17.5. The summed E-state index contributed by atoms with van der Waals surface area (Å²) < 4.78 is 0. The molecule has 49 heavy (non-hydrogen) atoms. The zero-order valence-electron chi connectivity index (χ0n) is 28.3. The van der Waals surface area contributed by atoms with Crippen LogP contribution in [0.1, 0.15) is 73.6 Å². The van der Waals surface area contributed by atoms with Crippen LogP contribution < -0.4 is 21.3 Å². The zero-order valence-corrected chi connectivity index (χ0v) is 29.9. The molecule has 4 aromatic carbocycles. The number of phenolic OH excluding ortho intramolecular Hbond substituents is 4. The summed E-state index contributed by atoms with van der Waals surface area (Å²) in [5.41, 5.74) is 3.73. The average molecular weight is 701 g/mol. The van der Waals surface area contributed by atoms with Gasteiger partial charge in [-0.1, -0.05) is 98.5 Å². The fraction of sp³-hybridized carbons (Fsp3) is 0.400. The van der Waals surface area contributed by atoms with Crippen molar-refractivity contribution in [1.29, 1.82) is 0 Å². The van der Waals surface area contributed by atoms with Crippen LogP contribution >= 0.6 is 0 Å². The van der Waals surface area contributed by atoms with Crippen LogP contribution in [0.4, 0.5) is 0 Å². The molecule has 0 spiro atoms. The van der Waals surface area contributed by atoms with Gasteiger partial charge in [-0.3, -0.25) is 0 Å². The van der Waals surface area contributed by atoms with E-state index in [2.05, 4.69) is 21.3 Å². The molecule has 4 aromatic rings. The standard InChI is InChI=1S/2C20H26N2O2.Ti/c2*23-19-11-5-1-7-15(19)13-21-17-9-3-4-10-18(17)22-14-16-8-2-6-12-20(16)24;/h2*1-2,5-8,11-12,17-18,21-24H,3-4,9-10,13-14H2;/t2*17-,18-;/m11./s1. The molecule has 9 heteroatoms. The Hall–Kier alpha value is -3.37. The predicted molar refractivity (Wildman–Crippen MR) is 192 cm³/mol. The van der Waals surface area contributed by atoms with Crippen molar-refractivity contribution in [3.8, 4) is 23.0 Å². The van der Waals surface area contributed by atoms with E-state index in [1.807, 2.05) is 72.8 Å². The molecule has 0 unspecified atom stereocenters. The Morgan fingerprint density at radius 3 is 0.776 bits per heavy atom. The van der Waals surface area contributed by atoms with Gasteiger partial charge >= 0.3 is 0 Å². The van der Waals surface area contributed by atoms with Gasteiger partial charge in [-0.25, -0.2) is 0 Å². The van der Waals surface area contributed by atoms with E-state index in [1.54, 1.807) is 24.3 Å². The van der Waals surface area contributed by atoms with Gasteiger partial charge in [0.2, 0.25) is 0 Å². The van der Waals surface area contributed by atoms with Crippen molar-refractivity contribution < 1.29 is 42.1 Å². The first-order valence-corrected chi connectivity index (χ1v) is 17.5. The minimum Gasteiger partial charge on any atom is -0.508 e.